The predicted molar refractivity (Wildman–Crippen MR) is 71.0 cm³/mol. The maximum atomic E-state index is 11.1. The Labute approximate surface area is 119 Å². The molecule has 1 aromatic heterocycles. The van der Waals surface area contributed by atoms with E-state index in [0.29, 0.717) is 16.3 Å². The summed E-state index contributed by atoms with van der Waals surface area (Å²) in [6.45, 7) is 0. The average Bonchev–Trinajstić information content (AvgIpc) is 2.87. The number of carboxylic acids is 1. The van der Waals surface area contributed by atoms with Crippen molar-refractivity contribution in [3.05, 3.63) is 57.5 Å². The molecule has 2 rings (SSSR count). The highest BCUT2D eigenvalue weighted by atomic mass is 35.5. The molecule has 4 nitrogen and oxygen atoms in total. The average molecular weight is 301 g/mol. The summed E-state index contributed by atoms with van der Waals surface area (Å²) in [5.74, 6) is -0.633. The lowest BCUT2D eigenvalue weighted by atomic mass is 10.0. The fourth-order valence-corrected chi connectivity index (χ4v) is 2.44. The zero-order valence-electron chi connectivity index (χ0n) is 9.89. The minimum atomic E-state index is -1.13. The molecule has 1 atom stereocenters. The molecule has 0 aliphatic carbocycles. The van der Waals surface area contributed by atoms with Gasteiger partial charge in [0.05, 0.1) is 16.8 Å². The molecule has 0 spiro atoms. The standard InChI is InChI=1S/C13H10Cl2O4/c1-18-12(9-3-2-6-19-9)10-8(14)5-4-7(11(10)15)13(16)17/h2-6,12H,1H3,(H,16,17). The van der Waals surface area contributed by atoms with Gasteiger partial charge in [-0.15, -0.1) is 0 Å². The van der Waals surface area contributed by atoms with Crippen LogP contribution in [0.3, 0.4) is 0 Å². The van der Waals surface area contributed by atoms with Crippen LogP contribution in [0.25, 0.3) is 0 Å². The molecule has 1 N–H and O–H groups in total. The molecule has 0 aliphatic rings. The number of hydrogen-bond donors (Lipinski definition) is 1. The van der Waals surface area contributed by atoms with Crippen LogP contribution >= 0.6 is 23.2 Å². The van der Waals surface area contributed by atoms with Crippen molar-refractivity contribution in [2.24, 2.45) is 0 Å². The van der Waals surface area contributed by atoms with Crippen molar-refractivity contribution in [1.82, 2.24) is 0 Å². The lowest BCUT2D eigenvalue weighted by Gasteiger charge is -2.17. The number of carboxylic acid groups (broad SMARTS) is 1. The molecule has 0 aliphatic heterocycles. The summed E-state index contributed by atoms with van der Waals surface area (Å²) in [6.07, 6.45) is 0.832. The molecule has 0 amide bonds. The van der Waals surface area contributed by atoms with Crippen LogP contribution in [0.15, 0.2) is 34.9 Å². The van der Waals surface area contributed by atoms with Gasteiger partial charge in [-0.3, -0.25) is 0 Å². The Morgan fingerprint density at radius 3 is 2.63 bits per heavy atom. The van der Waals surface area contributed by atoms with Crippen LogP contribution in [-0.2, 0) is 4.74 Å². The van der Waals surface area contributed by atoms with E-state index in [2.05, 4.69) is 0 Å². The Bertz CT molecular complexity index is 593. The Morgan fingerprint density at radius 1 is 1.37 bits per heavy atom. The first-order valence-electron chi connectivity index (χ1n) is 5.33. The molecule has 6 heteroatoms. The van der Waals surface area contributed by atoms with Crippen molar-refractivity contribution in [2.45, 2.75) is 6.10 Å². The van der Waals surface area contributed by atoms with Gasteiger partial charge < -0.3 is 14.3 Å². The number of methoxy groups -OCH3 is 1. The zero-order valence-corrected chi connectivity index (χ0v) is 11.4. The molecular weight excluding hydrogens is 291 g/mol. The van der Waals surface area contributed by atoms with E-state index >= 15 is 0 Å². The van der Waals surface area contributed by atoms with Crippen molar-refractivity contribution in [1.29, 1.82) is 0 Å². The second-order valence-corrected chi connectivity index (χ2v) is 4.54. The highest BCUT2D eigenvalue weighted by molar-refractivity contribution is 6.38. The summed E-state index contributed by atoms with van der Waals surface area (Å²) < 4.78 is 10.6. The monoisotopic (exact) mass is 300 g/mol. The molecule has 2 aromatic rings. The quantitative estimate of drug-likeness (QED) is 0.926. The number of halogens is 2. The van der Waals surface area contributed by atoms with Gasteiger partial charge in [-0.2, -0.15) is 0 Å². The number of furan rings is 1. The maximum Gasteiger partial charge on any atom is 0.337 e. The summed E-state index contributed by atoms with van der Waals surface area (Å²) in [5, 5.41) is 9.44. The summed E-state index contributed by atoms with van der Waals surface area (Å²) >= 11 is 12.2. The van der Waals surface area contributed by atoms with E-state index in [4.69, 9.17) is 37.5 Å². The maximum absolute atomic E-state index is 11.1. The second-order valence-electron chi connectivity index (χ2n) is 3.76. The van der Waals surface area contributed by atoms with Crippen molar-refractivity contribution in [3.63, 3.8) is 0 Å². The minimum Gasteiger partial charge on any atom is -0.478 e. The van der Waals surface area contributed by atoms with Crippen LogP contribution in [0.1, 0.15) is 27.8 Å². The molecule has 100 valence electrons. The minimum absolute atomic E-state index is 0.0327. The van der Waals surface area contributed by atoms with Gasteiger partial charge in [0.1, 0.15) is 11.9 Å². The second kappa shape index (κ2) is 5.65. The molecular formula is C13H10Cl2O4. The van der Waals surface area contributed by atoms with Crippen LogP contribution in [0.5, 0.6) is 0 Å². The van der Waals surface area contributed by atoms with Crippen LogP contribution in [0.4, 0.5) is 0 Å². The third-order valence-electron chi connectivity index (χ3n) is 2.66. The van der Waals surface area contributed by atoms with Gasteiger partial charge in [0.2, 0.25) is 0 Å². The van der Waals surface area contributed by atoms with Crippen LogP contribution in [-0.4, -0.2) is 18.2 Å². The predicted octanol–water partition coefficient (Wildman–Crippen LogP) is 4.02. The molecule has 1 heterocycles. The normalized spacial score (nSPS) is 12.4. The van der Waals surface area contributed by atoms with E-state index in [1.54, 1.807) is 12.1 Å². The Kier molecular flexibility index (Phi) is 4.14. The van der Waals surface area contributed by atoms with E-state index in [1.165, 1.54) is 25.5 Å². The smallest absolute Gasteiger partial charge is 0.337 e. The highest BCUT2D eigenvalue weighted by Gasteiger charge is 2.25. The number of hydrogen-bond acceptors (Lipinski definition) is 3. The SMILES string of the molecule is COC(c1ccco1)c1c(Cl)ccc(C(=O)O)c1Cl. The Balaban J connectivity index is 2.60. The number of rotatable bonds is 4. The van der Waals surface area contributed by atoms with E-state index in [-0.39, 0.29) is 10.6 Å². The lowest BCUT2D eigenvalue weighted by molar-refractivity contribution is 0.0696. The fraction of sp³-hybridized carbons (Fsp3) is 0.154. The van der Waals surface area contributed by atoms with Gasteiger partial charge in [-0.25, -0.2) is 4.79 Å². The summed E-state index contributed by atoms with van der Waals surface area (Å²) in [4.78, 5) is 11.1. The topological polar surface area (TPSA) is 59.7 Å². The highest BCUT2D eigenvalue weighted by Crippen LogP contribution is 2.38. The van der Waals surface area contributed by atoms with Gasteiger partial charge in [-0.1, -0.05) is 23.2 Å². The van der Waals surface area contributed by atoms with E-state index in [0.717, 1.165) is 0 Å². The molecule has 0 fully saturated rings. The molecule has 0 bridgehead atoms. The van der Waals surface area contributed by atoms with Crippen LogP contribution in [0, 0.1) is 0 Å². The molecule has 0 saturated heterocycles. The molecule has 0 radical (unpaired) electrons. The molecule has 1 aromatic carbocycles. The number of ether oxygens (including phenoxy) is 1. The molecule has 1 unspecified atom stereocenters. The van der Waals surface area contributed by atoms with E-state index in [1.807, 2.05) is 0 Å². The van der Waals surface area contributed by atoms with Crippen molar-refractivity contribution in [2.75, 3.05) is 7.11 Å². The van der Waals surface area contributed by atoms with Crippen molar-refractivity contribution in [3.8, 4) is 0 Å². The Morgan fingerprint density at radius 2 is 2.11 bits per heavy atom. The first-order chi connectivity index (χ1) is 9.06. The number of benzene rings is 1. The van der Waals surface area contributed by atoms with E-state index < -0.39 is 12.1 Å². The first-order valence-corrected chi connectivity index (χ1v) is 6.09. The largest absolute Gasteiger partial charge is 0.478 e. The molecule has 19 heavy (non-hydrogen) atoms. The summed E-state index contributed by atoms with van der Waals surface area (Å²) in [6, 6.07) is 6.23. The lowest BCUT2D eigenvalue weighted by Crippen LogP contribution is -2.07. The zero-order chi connectivity index (χ0) is 14.0. The van der Waals surface area contributed by atoms with Gasteiger partial charge in [0.25, 0.3) is 0 Å². The number of aromatic carboxylic acids is 1. The summed E-state index contributed by atoms with van der Waals surface area (Å²) in [5.41, 5.74) is 0.343. The molecule has 0 saturated carbocycles. The number of carbonyl (C=O) groups is 1. The Hall–Kier alpha value is -1.49. The van der Waals surface area contributed by atoms with Gasteiger partial charge >= 0.3 is 5.97 Å². The van der Waals surface area contributed by atoms with E-state index in [9.17, 15) is 4.79 Å². The van der Waals surface area contributed by atoms with Gasteiger partial charge in [0.15, 0.2) is 0 Å². The van der Waals surface area contributed by atoms with Crippen molar-refractivity contribution < 1.29 is 19.1 Å². The third kappa shape index (κ3) is 2.61. The van der Waals surface area contributed by atoms with Gasteiger partial charge in [-0.05, 0) is 24.3 Å². The third-order valence-corrected chi connectivity index (χ3v) is 3.39. The summed E-state index contributed by atoms with van der Waals surface area (Å²) in [7, 11) is 1.47. The first kappa shape index (κ1) is 13.9. The fourth-order valence-electron chi connectivity index (χ4n) is 1.79. The van der Waals surface area contributed by atoms with Crippen molar-refractivity contribution >= 4 is 29.2 Å². The van der Waals surface area contributed by atoms with Crippen LogP contribution < -0.4 is 0 Å². The van der Waals surface area contributed by atoms with Crippen LogP contribution in [0.2, 0.25) is 10.0 Å². The van der Waals surface area contributed by atoms with Gasteiger partial charge in [0, 0.05) is 17.7 Å².